The average Bonchev–Trinajstić information content (AvgIpc) is 3.22. The number of para-hydroxylation sites is 6. The number of hydrogen-bond acceptors (Lipinski definition) is 3. The molecule has 0 spiro atoms. The fraction of sp³-hybridized carbons (Fsp3) is 0.217. The van der Waals surface area contributed by atoms with E-state index in [9.17, 15) is 0 Å². The molecule has 0 aromatic heterocycles. The molecule has 0 unspecified atom stereocenters. The maximum Gasteiger partial charge on any atom is 0.183 e. The summed E-state index contributed by atoms with van der Waals surface area (Å²) in [6.07, 6.45) is 0. The van der Waals surface area contributed by atoms with E-state index in [0.717, 1.165) is 22.9 Å². The minimum absolute atomic E-state index is 0.915. The number of benzene rings is 6. The normalized spacial score (nSPS) is 12.0. The Kier molecular flexibility index (Phi) is 15.6. The van der Waals surface area contributed by atoms with Crippen LogP contribution in [0.4, 0.5) is 22.7 Å². The zero-order valence-electron chi connectivity index (χ0n) is 31.8. The van der Waals surface area contributed by atoms with Gasteiger partial charge < -0.3 is 14.5 Å². The summed E-state index contributed by atoms with van der Waals surface area (Å²) >= 11 is 0. The minimum Gasteiger partial charge on any atom is -0.453 e. The second kappa shape index (κ2) is 19.8. The molecule has 0 saturated carbocycles. The van der Waals surface area contributed by atoms with Gasteiger partial charge in [0.1, 0.15) is 0 Å². The van der Waals surface area contributed by atoms with Gasteiger partial charge in [0.15, 0.2) is 19.6 Å². The summed E-state index contributed by atoms with van der Waals surface area (Å²) in [5.41, 5.74) is 4.85. The van der Waals surface area contributed by atoms with Gasteiger partial charge in [-0.3, -0.25) is 0 Å². The summed E-state index contributed by atoms with van der Waals surface area (Å²) in [7, 11) is 1.88. The second-order valence-corrected chi connectivity index (χ2v) is 14.4. The number of rotatable bonds is 2. The van der Waals surface area contributed by atoms with E-state index in [2.05, 4.69) is 145 Å². The first-order valence-electron chi connectivity index (χ1n) is 18.3. The average molecular weight is 681 g/mol. The van der Waals surface area contributed by atoms with Crippen LogP contribution in [0.5, 0.6) is 11.5 Å². The molecule has 3 nitrogen and oxygen atoms in total. The summed E-state index contributed by atoms with van der Waals surface area (Å²) < 4.78 is 5.81. The third-order valence-corrected chi connectivity index (χ3v) is 13.3. The topological polar surface area (TPSA) is 15.7 Å². The molecule has 50 heavy (non-hydrogen) atoms. The third kappa shape index (κ3) is 7.71. The molecule has 0 N–H and O–H groups in total. The summed E-state index contributed by atoms with van der Waals surface area (Å²) in [5.74, 6) is 1.83. The Bertz CT molecular complexity index is 1720. The van der Waals surface area contributed by atoms with Crippen molar-refractivity contribution in [2.24, 2.45) is 0 Å². The molecular weight excluding hydrogens is 625 g/mol. The molecule has 0 atom stereocenters. The first-order valence-corrected chi connectivity index (χ1v) is 20.3. The number of nitrogens with zero attached hydrogens (tertiary/aromatic N) is 2. The van der Waals surface area contributed by atoms with Crippen molar-refractivity contribution in [2.75, 3.05) is 23.9 Å². The van der Waals surface area contributed by atoms with Crippen molar-refractivity contribution in [2.45, 2.75) is 55.4 Å². The lowest BCUT2D eigenvalue weighted by Gasteiger charge is -2.43. The lowest BCUT2D eigenvalue weighted by Crippen LogP contribution is -2.77. The predicted octanol–water partition coefficient (Wildman–Crippen LogP) is 10.8. The van der Waals surface area contributed by atoms with Crippen molar-refractivity contribution in [3.8, 4) is 11.5 Å². The molecule has 6 aromatic rings. The van der Waals surface area contributed by atoms with Crippen LogP contribution in [0.3, 0.4) is 0 Å². The quantitative estimate of drug-likeness (QED) is 0.169. The van der Waals surface area contributed by atoms with Crippen molar-refractivity contribution in [3.63, 3.8) is 0 Å². The smallest absolute Gasteiger partial charge is 0.183 e. The minimum atomic E-state index is -2.36. The molecule has 0 fully saturated rings. The van der Waals surface area contributed by atoms with E-state index >= 15 is 0 Å². The van der Waals surface area contributed by atoms with Crippen LogP contribution in [0.25, 0.3) is 0 Å². The van der Waals surface area contributed by atoms with Crippen molar-refractivity contribution < 1.29 is 4.74 Å². The van der Waals surface area contributed by atoms with Crippen LogP contribution < -0.4 is 35.3 Å². The molecular formula is C46H56N2OSi. The zero-order valence-corrected chi connectivity index (χ0v) is 32.8. The van der Waals surface area contributed by atoms with Gasteiger partial charge in [-0.1, -0.05) is 177 Å². The van der Waals surface area contributed by atoms with E-state index in [-0.39, 0.29) is 0 Å². The monoisotopic (exact) mass is 680 g/mol. The number of anilines is 4. The van der Waals surface area contributed by atoms with Gasteiger partial charge >= 0.3 is 0 Å². The molecule has 260 valence electrons. The molecule has 2 heterocycles. The van der Waals surface area contributed by atoms with E-state index in [1.165, 1.54) is 32.1 Å². The van der Waals surface area contributed by atoms with Gasteiger partial charge in [-0.2, -0.15) is 0 Å². The predicted molar refractivity (Wildman–Crippen MR) is 225 cm³/mol. The molecule has 0 saturated heterocycles. The molecule has 4 heteroatoms. The highest BCUT2D eigenvalue weighted by molar-refractivity contribution is 7.21. The highest BCUT2D eigenvalue weighted by Crippen LogP contribution is 2.45. The van der Waals surface area contributed by atoms with Crippen molar-refractivity contribution in [1.29, 1.82) is 0 Å². The van der Waals surface area contributed by atoms with Crippen molar-refractivity contribution in [3.05, 3.63) is 158 Å². The van der Waals surface area contributed by atoms with Gasteiger partial charge in [0.2, 0.25) is 0 Å². The lowest BCUT2D eigenvalue weighted by atomic mass is 10.2. The van der Waals surface area contributed by atoms with Crippen LogP contribution in [0.15, 0.2) is 158 Å². The summed E-state index contributed by atoms with van der Waals surface area (Å²) in [6.45, 7) is 16.0. The Morgan fingerprint density at radius 1 is 0.340 bits per heavy atom. The number of ether oxygens (including phenoxy) is 1. The molecule has 6 aromatic carbocycles. The van der Waals surface area contributed by atoms with Gasteiger partial charge in [0.05, 0.1) is 11.4 Å². The van der Waals surface area contributed by atoms with Crippen molar-refractivity contribution in [1.82, 2.24) is 0 Å². The highest BCUT2D eigenvalue weighted by Gasteiger charge is 2.47. The van der Waals surface area contributed by atoms with Crippen molar-refractivity contribution >= 4 is 51.6 Å². The SMILES string of the molecule is CC.CC.CC.CC.CN1c2ccccc2Oc2ccccc21.CN1c2ccccc2[Si](c2ccccc2)(c2ccccc2)c2ccccc21. The molecule has 0 aliphatic carbocycles. The summed E-state index contributed by atoms with van der Waals surface area (Å²) in [6, 6.07) is 56.2. The Morgan fingerprint density at radius 3 is 1.00 bits per heavy atom. The highest BCUT2D eigenvalue weighted by atomic mass is 28.3. The third-order valence-electron chi connectivity index (χ3n) is 8.43. The van der Waals surface area contributed by atoms with Crippen LogP contribution in [-0.4, -0.2) is 22.2 Å². The van der Waals surface area contributed by atoms with Gasteiger partial charge in [0, 0.05) is 25.5 Å². The standard InChI is InChI=1S/C25H21NSi.C13H11NO.4C2H6/c1-26-22-16-8-10-18-24(22)27(20-12-4-2-5-13-20,21-14-6-3-7-15-21)25-19-11-9-17-23(25)26;1-14-10-6-2-4-8-12(10)15-13-9-5-3-7-11(13)14;4*1-2/h2-19H,1H3;2-9H,1H3;4*1-2H3. The molecule has 0 amide bonds. The van der Waals surface area contributed by atoms with Crippen LogP contribution >= 0.6 is 0 Å². The van der Waals surface area contributed by atoms with Crippen LogP contribution in [0.2, 0.25) is 0 Å². The number of hydrogen-bond donors (Lipinski definition) is 0. The first-order chi connectivity index (χ1) is 24.7. The molecule has 8 rings (SSSR count). The van der Waals surface area contributed by atoms with Crippen LogP contribution in [0.1, 0.15) is 55.4 Å². The van der Waals surface area contributed by atoms with E-state index < -0.39 is 8.07 Å². The molecule has 0 bridgehead atoms. The van der Waals surface area contributed by atoms with Gasteiger partial charge in [0.25, 0.3) is 0 Å². The van der Waals surface area contributed by atoms with Crippen LogP contribution in [-0.2, 0) is 0 Å². The molecule has 2 aliphatic heterocycles. The Balaban J connectivity index is 0.000000249. The summed E-state index contributed by atoms with van der Waals surface area (Å²) in [5, 5.41) is 5.79. The van der Waals surface area contributed by atoms with E-state index in [4.69, 9.17) is 4.74 Å². The van der Waals surface area contributed by atoms with E-state index in [1.807, 2.05) is 91.8 Å². The van der Waals surface area contributed by atoms with Gasteiger partial charge in [-0.25, -0.2) is 0 Å². The number of fused-ring (bicyclic) bond motifs is 4. The fourth-order valence-electron chi connectivity index (χ4n) is 6.50. The van der Waals surface area contributed by atoms with E-state index in [1.54, 1.807) is 0 Å². The van der Waals surface area contributed by atoms with Gasteiger partial charge in [-0.15, -0.1) is 0 Å². The molecule has 0 radical (unpaired) electrons. The lowest BCUT2D eigenvalue weighted by molar-refractivity contribution is 0.475. The molecule has 2 aliphatic rings. The second-order valence-electron chi connectivity index (χ2n) is 10.7. The Morgan fingerprint density at radius 2 is 0.620 bits per heavy atom. The Hall–Kier alpha value is -5.06. The van der Waals surface area contributed by atoms with Crippen LogP contribution in [0, 0.1) is 0 Å². The fourth-order valence-corrected chi connectivity index (χ4v) is 11.7. The van der Waals surface area contributed by atoms with Gasteiger partial charge in [-0.05, 0) is 57.1 Å². The Labute approximate surface area is 303 Å². The maximum atomic E-state index is 5.81. The zero-order chi connectivity index (χ0) is 36.5. The largest absolute Gasteiger partial charge is 0.453 e. The van der Waals surface area contributed by atoms with E-state index in [0.29, 0.717) is 0 Å². The maximum absolute atomic E-state index is 5.81. The first kappa shape index (κ1) is 39.4. The summed E-state index contributed by atoms with van der Waals surface area (Å²) in [4.78, 5) is 4.50.